The number of carbonyl (C=O) groups is 1. The van der Waals surface area contributed by atoms with Gasteiger partial charge in [0.15, 0.2) is 5.13 Å². The molecule has 2 N–H and O–H groups in total. The van der Waals surface area contributed by atoms with Gasteiger partial charge in [-0.25, -0.2) is 4.98 Å². The minimum absolute atomic E-state index is 0.0286. The Balaban J connectivity index is 1.97. The van der Waals surface area contributed by atoms with Gasteiger partial charge in [0.05, 0.1) is 16.0 Å². The Bertz CT molecular complexity index is 584. The molecule has 2 aromatic rings. The number of nitrogens with one attached hydrogen (secondary N) is 1. The topological polar surface area (TPSA) is 62.2 Å². The van der Waals surface area contributed by atoms with Gasteiger partial charge in [-0.1, -0.05) is 36.8 Å². The lowest BCUT2D eigenvalue weighted by Gasteiger charge is -2.03. The number of nitrogens with zero attached hydrogens (tertiary/aromatic N) is 1. The summed E-state index contributed by atoms with van der Waals surface area (Å²) in [6.07, 6.45) is 4.11. The largest absolute Gasteiger partial charge is 0.507 e. The average Bonchev–Trinajstić information content (AvgIpc) is 2.87. The summed E-state index contributed by atoms with van der Waals surface area (Å²) in [5.41, 5.74) is 0.253. The number of carbonyl (C=O) groups excluding carboxylic acids is 1. The number of unbranched alkanes of at least 4 members (excludes halogenated alkanes) is 1. The molecule has 0 spiro atoms. The van der Waals surface area contributed by atoms with Crippen molar-refractivity contribution in [2.75, 3.05) is 11.1 Å². The van der Waals surface area contributed by atoms with E-state index in [4.69, 9.17) is 0 Å². The second-order valence-electron chi connectivity index (χ2n) is 4.16. The Morgan fingerprint density at radius 1 is 1.45 bits per heavy atom. The van der Waals surface area contributed by atoms with E-state index >= 15 is 0 Å². The lowest BCUT2D eigenvalue weighted by atomic mass is 10.2. The van der Waals surface area contributed by atoms with Gasteiger partial charge in [-0.2, -0.15) is 0 Å². The second kappa shape index (κ2) is 7.31. The van der Waals surface area contributed by atoms with Crippen molar-refractivity contribution in [1.29, 1.82) is 0 Å². The minimum Gasteiger partial charge on any atom is -0.507 e. The first-order chi connectivity index (χ1) is 9.70. The molecule has 0 atom stereocenters. The number of thioether (sulfide) groups is 1. The van der Waals surface area contributed by atoms with Crippen molar-refractivity contribution < 1.29 is 9.90 Å². The quantitative estimate of drug-likeness (QED) is 0.625. The van der Waals surface area contributed by atoms with Crippen LogP contribution in [0.2, 0.25) is 0 Å². The first-order valence-electron chi connectivity index (χ1n) is 6.38. The number of hydrogen-bond acceptors (Lipinski definition) is 5. The summed E-state index contributed by atoms with van der Waals surface area (Å²) in [7, 11) is 0. The van der Waals surface area contributed by atoms with Crippen LogP contribution in [0.5, 0.6) is 5.75 Å². The highest BCUT2D eigenvalue weighted by Crippen LogP contribution is 2.29. The van der Waals surface area contributed by atoms with Gasteiger partial charge >= 0.3 is 0 Å². The van der Waals surface area contributed by atoms with Gasteiger partial charge in [0.2, 0.25) is 0 Å². The number of aromatic hydroxyl groups is 1. The van der Waals surface area contributed by atoms with Crippen molar-refractivity contribution in [1.82, 2.24) is 4.98 Å². The van der Waals surface area contributed by atoms with Crippen LogP contribution in [0.15, 0.2) is 34.7 Å². The maximum atomic E-state index is 12.0. The van der Waals surface area contributed by atoms with Crippen LogP contribution < -0.4 is 5.32 Å². The van der Waals surface area contributed by atoms with Crippen LogP contribution in [0.3, 0.4) is 0 Å². The molecule has 6 heteroatoms. The van der Waals surface area contributed by atoms with Gasteiger partial charge < -0.3 is 5.11 Å². The van der Waals surface area contributed by atoms with Crippen molar-refractivity contribution >= 4 is 34.1 Å². The van der Waals surface area contributed by atoms with Crippen LogP contribution in [0.1, 0.15) is 30.1 Å². The van der Waals surface area contributed by atoms with E-state index < -0.39 is 0 Å². The van der Waals surface area contributed by atoms with Crippen molar-refractivity contribution in [2.24, 2.45) is 0 Å². The Hall–Kier alpha value is -1.53. The molecule has 20 heavy (non-hydrogen) atoms. The van der Waals surface area contributed by atoms with Gasteiger partial charge in [0.25, 0.3) is 5.91 Å². The molecule has 0 aliphatic rings. The molecule has 1 heterocycles. The molecule has 106 valence electrons. The van der Waals surface area contributed by atoms with Crippen molar-refractivity contribution in [3.63, 3.8) is 0 Å². The van der Waals surface area contributed by atoms with Crippen molar-refractivity contribution in [2.45, 2.75) is 24.0 Å². The van der Waals surface area contributed by atoms with E-state index in [1.165, 1.54) is 30.2 Å². The number of para-hydroxylation sites is 1. The molecule has 1 aromatic heterocycles. The van der Waals surface area contributed by atoms with Gasteiger partial charge in [0, 0.05) is 0 Å². The summed E-state index contributed by atoms with van der Waals surface area (Å²) in [4.78, 5) is 16.2. The predicted octanol–water partition coefficient (Wildman–Crippen LogP) is 3.99. The summed E-state index contributed by atoms with van der Waals surface area (Å²) in [6, 6.07) is 6.46. The number of rotatable bonds is 6. The third-order valence-electron chi connectivity index (χ3n) is 2.60. The number of anilines is 1. The van der Waals surface area contributed by atoms with E-state index in [1.54, 1.807) is 36.2 Å². The summed E-state index contributed by atoms with van der Waals surface area (Å²) < 4.78 is 1.09. The molecule has 4 nitrogen and oxygen atoms in total. The zero-order valence-electron chi connectivity index (χ0n) is 11.1. The van der Waals surface area contributed by atoms with E-state index in [0.29, 0.717) is 5.13 Å². The molecular weight excluding hydrogens is 292 g/mol. The number of amides is 1. The zero-order valence-corrected chi connectivity index (χ0v) is 12.8. The van der Waals surface area contributed by atoms with Crippen molar-refractivity contribution in [3.8, 4) is 5.75 Å². The molecule has 1 aromatic carbocycles. The molecular formula is C14H16N2O2S2. The van der Waals surface area contributed by atoms with E-state index in [0.717, 1.165) is 9.96 Å². The molecule has 0 radical (unpaired) electrons. The third kappa shape index (κ3) is 3.98. The van der Waals surface area contributed by atoms with Gasteiger partial charge in [-0.3, -0.25) is 10.1 Å². The second-order valence-corrected chi connectivity index (χ2v) is 6.58. The molecule has 0 saturated heterocycles. The first-order valence-corrected chi connectivity index (χ1v) is 8.19. The summed E-state index contributed by atoms with van der Waals surface area (Å²) >= 11 is 3.20. The summed E-state index contributed by atoms with van der Waals surface area (Å²) in [5.74, 6) is 0.688. The fraction of sp³-hybridized carbons (Fsp3) is 0.286. The third-order valence-corrected chi connectivity index (χ3v) is 4.79. The van der Waals surface area contributed by atoms with Gasteiger partial charge in [0.1, 0.15) is 5.75 Å². The summed E-state index contributed by atoms with van der Waals surface area (Å²) in [5, 5.41) is 12.9. The zero-order chi connectivity index (χ0) is 14.4. The number of thiazole rings is 1. The Morgan fingerprint density at radius 3 is 3.00 bits per heavy atom. The Morgan fingerprint density at radius 2 is 2.25 bits per heavy atom. The fourth-order valence-electron chi connectivity index (χ4n) is 1.53. The first kappa shape index (κ1) is 14.9. The fourth-order valence-corrected chi connectivity index (χ4v) is 3.56. The van der Waals surface area contributed by atoms with Crippen molar-refractivity contribution in [3.05, 3.63) is 36.0 Å². The van der Waals surface area contributed by atoms with Crippen LogP contribution >= 0.6 is 23.1 Å². The number of hydrogen-bond donors (Lipinski definition) is 2. The van der Waals surface area contributed by atoms with E-state index in [-0.39, 0.29) is 17.2 Å². The highest BCUT2D eigenvalue weighted by molar-refractivity contribution is 8.01. The van der Waals surface area contributed by atoms with Crippen LogP contribution in [-0.4, -0.2) is 21.8 Å². The lowest BCUT2D eigenvalue weighted by molar-refractivity contribution is 0.102. The SMILES string of the molecule is CCCCSc1cnc(NC(=O)c2ccccc2O)s1. The molecule has 0 aliphatic carbocycles. The smallest absolute Gasteiger partial charge is 0.261 e. The normalized spacial score (nSPS) is 10.4. The minimum atomic E-state index is -0.345. The van der Waals surface area contributed by atoms with Gasteiger partial charge in [-0.15, -0.1) is 11.8 Å². The highest BCUT2D eigenvalue weighted by atomic mass is 32.2. The predicted molar refractivity (Wildman–Crippen MR) is 83.8 cm³/mol. The lowest BCUT2D eigenvalue weighted by Crippen LogP contribution is -2.11. The van der Waals surface area contributed by atoms with Crippen LogP contribution in [0.4, 0.5) is 5.13 Å². The van der Waals surface area contributed by atoms with Crippen LogP contribution in [-0.2, 0) is 0 Å². The molecule has 0 aliphatic heterocycles. The number of phenolic OH excluding ortho intramolecular Hbond substituents is 1. The molecule has 1 amide bonds. The monoisotopic (exact) mass is 308 g/mol. The highest BCUT2D eigenvalue weighted by Gasteiger charge is 2.12. The van der Waals surface area contributed by atoms with E-state index in [2.05, 4.69) is 17.2 Å². The standard InChI is InChI=1S/C14H16N2O2S2/c1-2-3-8-19-12-9-15-14(20-12)16-13(18)10-6-4-5-7-11(10)17/h4-7,9,17H,2-3,8H2,1H3,(H,15,16,18). The molecule has 0 bridgehead atoms. The van der Waals surface area contributed by atoms with E-state index in [1.807, 2.05) is 0 Å². The van der Waals surface area contributed by atoms with Crippen LogP contribution in [0.25, 0.3) is 0 Å². The Kier molecular flexibility index (Phi) is 5.43. The molecule has 0 fully saturated rings. The molecule has 0 saturated carbocycles. The maximum Gasteiger partial charge on any atom is 0.261 e. The molecule has 2 rings (SSSR count). The van der Waals surface area contributed by atoms with Crippen LogP contribution in [0, 0.1) is 0 Å². The number of phenols is 1. The van der Waals surface area contributed by atoms with E-state index in [9.17, 15) is 9.90 Å². The average molecular weight is 308 g/mol. The number of benzene rings is 1. The molecule has 0 unspecified atom stereocenters. The Labute approximate surface area is 126 Å². The summed E-state index contributed by atoms with van der Waals surface area (Å²) in [6.45, 7) is 2.16. The van der Waals surface area contributed by atoms with Gasteiger partial charge in [-0.05, 0) is 24.3 Å². The maximum absolute atomic E-state index is 12.0. The number of aromatic nitrogens is 1.